The van der Waals surface area contributed by atoms with Crippen molar-refractivity contribution in [1.29, 1.82) is 0 Å². The third-order valence-electron chi connectivity index (χ3n) is 8.97. The molecule has 0 saturated heterocycles. The Balaban J connectivity index is 1.20. The smallest absolute Gasteiger partial charge is 0.0473 e. The number of fused-ring (bicyclic) bond motifs is 4. The third-order valence-corrected chi connectivity index (χ3v) is 10.1. The summed E-state index contributed by atoms with van der Waals surface area (Å²) in [6.45, 7) is 0. The first-order chi connectivity index (χ1) is 23.3. The van der Waals surface area contributed by atoms with Crippen LogP contribution < -0.4 is 9.80 Å². The Labute approximate surface area is 279 Å². The molecule has 0 spiro atoms. The molecule has 1 heterocycles. The van der Waals surface area contributed by atoms with E-state index in [-0.39, 0.29) is 0 Å². The van der Waals surface area contributed by atoms with Gasteiger partial charge in [-0.2, -0.15) is 0 Å². The van der Waals surface area contributed by atoms with Crippen LogP contribution in [0.2, 0.25) is 0 Å². The van der Waals surface area contributed by atoms with E-state index in [9.17, 15) is 0 Å². The van der Waals surface area contributed by atoms with Crippen molar-refractivity contribution < 1.29 is 0 Å². The van der Waals surface area contributed by atoms with E-state index >= 15 is 0 Å². The van der Waals surface area contributed by atoms with E-state index in [1.54, 1.807) is 0 Å². The van der Waals surface area contributed by atoms with Crippen molar-refractivity contribution in [3.8, 4) is 11.1 Å². The highest BCUT2D eigenvalue weighted by Gasteiger charge is 2.23. The minimum absolute atomic E-state index is 1.14. The summed E-state index contributed by atoms with van der Waals surface area (Å²) in [4.78, 5) is 7.24. The van der Waals surface area contributed by atoms with Crippen LogP contribution in [0.4, 0.5) is 34.1 Å². The molecule has 0 N–H and O–H groups in total. The zero-order valence-electron chi connectivity index (χ0n) is 25.6. The van der Waals surface area contributed by atoms with Gasteiger partial charge in [0.05, 0.1) is 0 Å². The van der Waals surface area contributed by atoms with Gasteiger partial charge in [0.25, 0.3) is 0 Å². The van der Waals surface area contributed by atoms with Crippen LogP contribution in [0.5, 0.6) is 0 Å². The quantitative estimate of drug-likeness (QED) is 0.171. The molecule has 0 aromatic heterocycles. The molecule has 0 fully saturated rings. The highest BCUT2D eigenvalue weighted by Crippen LogP contribution is 2.52. The summed E-state index contributed by atoms with van der Waals surface area (Å²) >= 11 is 1.87. The summed E-state index contributed by atoms with van der Waals surface area (Å²) in [6.07, 6.45) is 0. The molecule has 2 nitrogen and oxygen atoms in total. The minimum atomic E-state index is 1.14. The van der Waals surface area contributed by atoms with E-state index in [0.717, 1.165) is 34.1 Å². The summed E-state index contributed by atoms with van der Waals surface area (Å²) in [5.74, 6) is 0. The topological polar surface area (TPSA) is 6.48 Å². The fourth-order valence-electron chi connectivity index (χ4n) is 6.88. The maximum Gasteiger partial charge on any atom is 0.0473 e. The lowest BCUT2D eigenvalue weighted by Crippen LogP contribution is -2.10. The largest absolute Gasteiger partial charge is 0.310 e. The molecule has 0 aliphatic carbocycles. The SMILES string of the molecule is c1ccc(N(c2ccccc2)c2ccc3c(c2)Sc2cccc4c2c-3cc2ccc(N(c3ccccc3)c3ccccc3)cc24)cc1. The van der Waals surface area contributed by atoms with Crippen LogP contribution >= 0.6 is 11.8 Å². The Morgan fingerprint density at radius 1 is 0.319 bits per heavy atom. The molecule has 0 radical (unpaired) electrons. The van der Waals surface area contributed by atoms with Crippen LogP contribution in [0, 0.1) is 0 Å². The summed E-state index contributed by atoms with van der Waals surface area (Å²) < 4.78 is 0. The predicted octanol–water partition coefficient (Wildman–Crippen LogP) is 13.1. The van der Waals surface area contributed by atoms with Crippen molar-refractivity contribution in [2.75, 3.05) is 9.80 Å². The van der Waals surface area contributed by atoms with Crippen molar-refractivity contribution in [2.24, 2.45) is 0 Å². The van der Waals surface area contributed by atoms with Gasteiger partial charge in [-0.3, -0.25) is 0 Å². The second-order valence-electron chi connectivity index (χ2n) is 11.8. The van der Waals surface area contributed by atoms with E-state index in [4.69, 9.17) is 0 Å². The van der Waals surface area contributed by atoms with E-state index in [2.05, 4.69) is 192 Å². The molecule has 0 unspecified atom stereocenters. The Hall–Kier alpha value is -5.77. The molecule has 222 valence electrons. The number of rotatable bonds is 6. The van der Waals surface area contributed by atoms with Gasteiger partial charge in [-0.05, 0) is 112 Å². The van der Waals surface area contributed by atoms with Gasteiger partial charge in [0.1, 0.15) is 0 Å². The van der Waals surface area contributed by atoms with E-state index in [1.165, 1.54) is 42.5 Å². The number of nitrogens with zero attached hydrogens (tertiary/aromatic N) is 2. The first-order valence-corrected chi connectivity index (χ1v) is 16.8. The number of benzene rings is 8. The number of hydrogen-bond donors (Lipinski definition) is 0. The Kier molecular flexibility index (Phi) is 6.76. The first kappa shape index (κ1) is 27.5. The van der Waals surface area contributed by atoms with Crippen LogP contribution in [0.15, 0.2) is 192 Å². The fourth-order valence-corrected chi connectivity index (χ4v) is 8.05. The van der Waals surface area contributed by atoms with Crippen molar-refractivity contribution in [3.63, 3.8) is 0 Å². The summed E-state index contributed by atoms with van der Waals surface area (Å²) in [5, 5.41) is 5.12. The van der Waals surface area contributed by atoms with Gasteiger partial charge in [0.15, 0.2) is 0 Å². The number of para-hydroxylation sites is 4. The average Bonchev–Trinajstić information content (AvgIpc) is 3.14. The predicted molar refractivity (Wildman–Crippen MR) is 200 cm³/mol. The van der Waals surface area contributed by atoms with E-state index in [0.29, 0.717) is 0 Å². The molecule has 0 saturated carbocycles. The minimum Gasteiger partial charge on any atom is -0.310 e. The summed E-state index contributed by atoms with van der Waals surface area (Å²) in [7, 11) is 0. The molecule has 47 heavy (non-hydrogen) atoms. The van der Waals surface area contributed by atoms with Gasteiger partial charge in [-0.15, -0.1) is 0 Å². The van der Waals surface area contributed by atoms with Crippen molar-refractivity contribution in [2.45, 2.75) is 9.79 Å². The van der Waals surface area contributed by atoms with Crippen molar-refractivity contribution >= 4 is 67.4 Å². The van der Waals surface area contributed by atoms with Crippen LogP contribution in [-0.4, -0.2) is 0 Å². The van der Waals surface area contributed by atoms with Gasteiger partial charge in [0, 0.05) is 49.3 Å². The van der Waals surface area contributed by atoms with Crippen LogP contribution in [-0.2, 0) is 0 Å². The molecular formula is C44H30N2S. The first-order valence-electron chi connectivity index (χ1n) is 15.9. The molecule has 0 amide bonds. The van der Waals surface area contributed by atoms with Crippen LogP contribution in [0.3, 0.4) is 0 Å². The van der Waals surface area contributed by atoms with Gasteiger partial charge in [0.2, 0.25) is 0 Å². The highest BCUT2D eigenvalue weighted by molar-refractivity contribution is 7.99. The van der Waals surface area contributed by atoms with Crippen LogP contribution in [0.25, 0.3) is 32.7 Å². The van der Waals surface area contributed by atoms with Gasteiger partial charge < -0.3 is 9.80 Å². The molecule has 8 aromatic rings. The molecule has 0 bridgehead atoms. The second kappa shape index (κ2) is 11.5. The van der Waals surface area contributed by atoms with Gasteiger partial charge in [-0.1, -0.05) is 109 Å². The third kappa shape index (κ3) is 4.84. The maximum absolute atomic E-state index is 2.39. The monoisotopic (exact) mass is 618 g/mol. The molecule has 9 rings (SSSR count). The van der Waals surface area contributed by atoms with E-state index < -0.39 is 0 Å². The molecule has 3 heteroatoms. The van der Waals surface area contributed by atoms with E-state index in [1.807, 2.05) is 11.8 Å². The Bertz CT molecular complexity index is 2290. The van der Waals surface area contributed by atoms with Gasteiger partial charge in [-0.25, -0.2) is 0 Å². The fraction of sp³-hybridized carbons (Fsp3) is 0. The lowest BCUT2D eigenvalue weighted by Gasteiger charge is -2.28. The van der Waals surface area contributed by atoms with Gasteiger partial charge >= 0.3 is 0 Å². The van der Waals surface area contributed by atoms with Crippen molar-refractivity contribution in [3.05, 3.63) is 182 Å². The lowest BCUT2D eigenvalue weighted by molar-refractivity contribution is 1.26. The number of hydrogen-bond acceptors (Lipinski definition) is 3. The summed E-state index contributed by atoms with van der Waals surface area (Å²) in [5.41, 5.74) is 9.44. The molecule has 0 atom stereocenters. The standard InChI is InChI=1S/C44H30N2S/c1-5-14-32(15-6-1)45(33-16-7-2-8-17-33)36-25-24-31-28-41-38-27-26-37(46(34-18-9-3-10-19-34)35-20-11-4-12-21-35)30-43(38)47-42-23-13-22-39(44(41)42)40(31)29-36/h1-30H. The highest BCUT2D eigenvalue weighted by atomic mass is 32.2. The number of anilines is 6. The van der Waals surface area contributed by atoms with Crippen molar-refractivity contribution in [1.82, 2.24) is 0 Å². The molecule has 8 aromatic carbocycles. The maximum atomic E-state index is 2.39. The van der Waals surface area contributed by atoms with Crippen LogP contribution in [0.1, 0.15) is 0 Å². The lowest BCUT2D eigenvalue weighted by atomic mass is 9.92. The molecule has 1 aliphatic heterocycles. The zero-order valence-corrected chi connectivity index (χ0v) is 26.4. The molecule has 1 aliphatic rings. The Morgan fingerprint density at radius 2 is 0.830 bits per heavy atom. The molecular weight excluding hydrogens is 589 g/mol. The average molecular weight is 619 g/mol. The Morgan fingerprint density at radius 3 is 1.38 bits per heavy atom. The normalized spacial score (nSPS) is 11.7. The second-order valence-corrected chi connectivity index (χ2v) is 12.9. The summed E-state index contributed by atoms with van der Waals surface area (Å²) in [6, 6.07) is 65.5. The zero-order chi connectivity index (χ0) is 31.2.